The number of piperidine rings is 1. The normalized spacial score (nSPS) is 15.2. The number of benzene rings is 1. The maximum absolute atomic E-state index is 13.0. The number of hydrogen-bond donors (Lipinski definition) is 0. The average molecular weight is 371 g/mol. The second-order valence-electron chi connectivity index (χ2n) is 6.97. The highest BCUT2D eigenvalue weighted by Crippen LogP contribution is 2.24. The zero-order valence-electron chi connectivity index (χ0n) is 16.5. The molecule has 0 saturated carbocycles. The maximum Gasteiger partial charge on any atom is 0.309 e. The summed E-state index contributed by atoms with van der Waals surface area (Å²) in [5.74, 6) is -0.201. The van der Waals surface area contributed by atoms with Gasteiger partial charge < -0.3 is 9.64 Å². The summed E-state index contributed by atoms with van der Waals surface area (Å²) in [7, 11) is 0. The van der Waals surface area contributed by atoms with E-state index < -0.39 is 0 Å². The highest BCUT2D eigenvalue weighted by Gasteiger charge is 2.28. The predicted octanol–water partition coefficient (Wildman–Crippen LogP) is 2.83. The first-order chi connectivity index (χ1) is 13.0. The van der Waals surface area contributed by atoms with Gasteiger partial charge in [0.15, 0.2) is 0 Å². The topological polar surface area (TPSA) is 73.6 Å². The van der Waals surface area contributed by atoms with E-state index in [1.165, 1.54) is 0 Å². The van der Waals surface area contributed by atoms with Gasteiger partial charge in [0.05, 0.1) is 31.6 Å². The zero-order chi connectivity index (χ0) is 19.8. The second kappa shape index (κ2) is 10.1. The Morgan fingerprint density at radius 3 is 2.63 bits per heavy atom. The van der Waals surface area contributed by atoms with E-state index in [0.717, 1.165) is 16.8 Å². The molecule has 1 aromatic carbocycles. The highest BCUT2D eigenvalue weighted by molar-refractivity contribution is 5.95. The van der Waals surface area contributed by atoms with Crippen molar-refractivity contribution >= 4 is 17.6 Å². The first-order valence-corrected chi connectivity index (χ1v) is 9.60. The van der Waals surface area contributed by atoms with E-state index in [2.05, 4.69) is 11.0 Å². The molecule has 0 N–H and O–H groups in total. The van der Waals surface area contributed by atoms with Gasteiger partial charge in [-0.05, 0) is 63.9 Å². The van der Waals surface area contributed by atoms with Crippen LogP contribution in [-0.4, -0.2) is 49.6 Å². The first kappa shape index (κ1) is 20.9. The Morgan fingerprint density at radius 2 is 2.00 bits per heavy atom. The lowest BCUT2D eigenvalue weighted by atomic mass is 9.97. The van der Waals surface area contributed by atoms with Crippen LogP contribution in [0.15, 0.2) is 18.2 Å². The minimum absolute atomic E-state index is 0.00599. The minimum Gasteiger partial charge on any atom is -0.466 e. The Morgan fingerprint density at radius 1 is 1.30 bits per heavy atom. The van der Waals surface area contributed by atoms with Crippen LogP contribution >= 0.6 is 0 Å². The number of carbonyl (C=O) groups is 2. The summed E-state index contributed by atoms with van der Waals surface area (Å²) in [5, 5.41) is 8.97. The van der Waals surface area contributed by atoms with Gasteiger partial charge in [-0.3, -0.25) is 14.5 Å². The lowest BCUT2D eigenvalue weighted by molar-refractivity contribution is -0.149. The van der Waals surface area contributed by atoms with E-state index >= 15 is 0 Å². The molecular weight excluding hydrogens is 342 g/mol. The van der Waals surface area contributed by atoms with Crippen molar-refractivity contribution in [2.75, 3.05) is 37.7 Å². The number of carbonyl (C=O) groups excluding carboxylic acids is 2. The fourth-order valence-electron chi connectivity index (χ4n) is 3.43. The molecule has 0 unspecified atom stereocenters. The van der Waals surface area contributed by atoms with Crippen LogP contribution in [0.25, 0.3) is 0 Å². The van der Waals surface area contributed by atoms with Crippen LogP contribution in [0.5, 0.6) is 0 Å². The van der Waals surface area contributed by atoms with Gasteiger partial charge in [-0.25, -0.2) is 0 Å². The molecule has 1 saturated heterocycles. The highest BCUT2D eigenvalue weighted by atomic mass is 16.5. The summed E-state index contributed by atoms with van der Waals surface area (Å²) in [4.78, 5) is 28.7. The van der Waals surface area contributed by atoms with Gasteiger partial charge in [0.1, 0.15) is 0 Å². The third-order valence-electron chi connectivity index (χ3n) is 5.18. The van der Waals surface area contributed by atoms with Crippen molar-refractivity contribution < 1.29 is 14.3 Å². The molecule has 1 fully saturated rings. The Labute approximate surface area is 161 Å². The largest absolute Gasteiger partial charge is 0.466 e. The molecule has 146 valence electrons. The lowest BCUT2D eigenvalue weighted by Gasteiger charge is -2.32. The Bertz CT molecular complexity index is 703. The van der Waals surface area contributed by atoms with Crippen LogP contribution in [-0.2, 0) is 14.3 Å². The van der Waals surface area contributed by atoms with E-state index in [4.69, 9.17) is 10.00 Å². The van der Waals surface area contributed by atoms with Gasteiger partial charge in [-0.2, -0.15) is 5.26 Å². The number of hydrogen-bond acceptors (Lipinski definition) is 5. The maximum atomic E-state index is 13.0. The third kappa shape index (κ3) is 5.54. The van der Waals surface area contributed by atoms with Crippen molar-refractivity contribution in [1.29, 1.82) is 5.26 Å². The number of rotatable bonds is 7. The average Bonchev–Trinajstić information content (AvgIpc) is 2.66. The number of ether oxygens (including phenoxy) is 1. The number of anilines is 1. The smallest absolute Gasteiger partial charge is 0.309 e. The van der Waals surface area contributed by atoms with Crippen LogP contribution in [0, 0.1) is 31.1 Å². The van der Waals surface area contributed by atoms with E-state index in [1.807, 2.05) is 39.0 Å². The monoisotopic (exact) mass is 371 g/mol. The molecule has 2 rings (SSSR count). The Balaban J connectivity index is 2.02. The minimum atomic E-state index is -0.130. The fourth-order valence-corrected chi connectivity index (χ4v) is 3.43. The standard InChI is InChI=1S/C21H29N3O3/c1-4-27-21(26)18-9-13-23(14-10-18)15-20(25)24(12-6-11-22)19-8-5-7-16(2)17(19)3/h5,7-8,18H,4,6,9-10,12-15H2,1-3H3. The SMILES string of the molecule is CCOC(=O)C1CCN(CC(=O)N(CCC#N)c2cccc(C)c2C)CC1. The number of nitrogens with zero attached hydrogens (tertiary/aromatic N) is 3. The van der Waals surface area contributed by atoms with Gasteiger partial charge in [0.25, 0.3) is 0 Å². The molecule has 0 spiro atoms. The lowest BCUT2D eigenvalue weighted by Crippen LogP contribution is -2.45. The molecule has 1 aliphatic heterocycles. The molecule has 1 aliphatic rings. The van der Waals surface area contributed by atoms with Crippen molar-refractivity contribution in [3.8, 4) is 6.07 Å². The molecule has 0 radical (unpaired) electrons. The number of likely N-dealkylation sites (tertiary alicyclic amines) is 1. The molecular formula is C21H29N3O3. The first-order valence-electron chi connectivity index (χ1n) is 9.60. The summed E-state index contributed by atoms with van der Waals surface area (Å²) >= 11 is 0. The number of aryl methyl sites for hydroxylation is 1. The van der Waals surface area contributed by atoms with Crippen LogP contribution in [0.3, 0.4) is 0 Å². The molecule has 0 aliphatic carbocycles. The van der Waals surface area contributed by atoms with Crippen LogP contribution in [0.1, 0.15) is 37.3 Å². The van der Waals surface area contributed by atoms with E-state index in [1.54, 1.807) is 4.90 Å². The number of nitriles is 1. The molecule has 0 atom stereocenters. The van der Waals surface area contributed by atoms with Crippen molar-refractivity contribution in [3.05, 3.63) is 29.3 Å². The summed E-state index contributed by atoms with van der Waals surface area (Å²) in [5.41, 5.74) is 3.05. The number of amides is 1. The summed E-state index contributed by atoms with van der Waals surface area (Å²) < 4.78 is 5.10. The van der Waals surface area contributed by atoms with E-state index in [-0.39, 0.29) is 17.8 Å². The summed E-state index contributed by atoms with van der Waals surface area (Å²) in [6.45, 7) is 8.33. The van der Waals surface area contributed by atoms with Gasteiger partial charge in [-0.1, -0.05) is 12.1 Å². The molecule has 1 heterocycles. The Kier molecular flexibility index (Phi) is 7.81. The van der Waals surface area contributed by atoms with Crippen molar-refractivity contribution in [2.24, 2.45) is 5.92 Å². The fraction of sp³-hybridized carbons (Fsp3) is 0.571. The summed E-state index contributed by atoms with van der Waals surface area (Å²) in [6, 6.07) is 8.03. The van der Waals surface area contributed by atoms with E-state index in [0.29, 0.717) is 52.0 Å². The zero-order valence-corrected chi connectivity index (χ0v) is 16.5. The molecule has 0 aromatic heterocycles. The van der Waals surface area contributed by atoms with Crippen molar-refractivity contribution in [3.63, 3.8) is 0 Å². The second-order valence-corrected chi connectivity index (χ2v) is 6.97. The molecule has 1 amide bonds. The van der Waals surface area contributed by atoms with Gasteiger partial charge in [0.2, 0.25) is 5.91 Å². The third-order valence-corrected chi connectivity index (χ3v) is 5.18. The molecule has 27 heavy (non-hydrogen) atoms. The van der Waals surface area contributed by atoms with Crippen molar-refractivity contribution in [2.45, 2.75) is 40.0 Å². The Hall–Kier alpha value is -2.39. The van der Waals surface area contributed by atoms with Crippen LogP contribution < -0.4 is 4.90 Å². The van der Waals surface area contributed by atoms with Gasteiger partial charge >= 0.3 is 5.97 Å². The number of esters is 1. The van der Waals surface area contributed by atoms with Gasteiger partial charge in [0, 0.05) is 12.2 Å². The predicted molar refractivity (Wildman–Crippen MR) is 104 cm³/mol. The molecule has 0 bridgehead atoms. The van der Waals surface area contributed by atoms with Gasteiger partial charge in [-0.15, -0.1) is 0 Å². The van der Waals surface area contributed by atoms with E-state index in [9.17, 15) is 9.59 Å². The molecule has 6 heteroatoms. The quantitative estimate of drug-likeness (QED) is 0.689. The summed E-state index contributed by atoms with van der Waals surface area (Å²) in [6.07, 6.45) is 1.73. The van der Waals surface area contributed by atoms with Crippen molar-refractivity contribution in [1.82, 2.24) is 4.90 Å². The van der Waals surface area contributed by atoms with Crippen LogP contribution in [0.4, 0.5) is 5.69 Å². The van der Waals surface area contributed by atoms with Crippen LogP contribution in [0.2, 0.25) is 0 Å². The molecule has 1 aromatic rings. The molecule has 6 nitrogen and oxygen atoms in total.